The van der Waals surface area contributed by atoms with Crippen LogP contribution in [-0.4, -0.2) is 22.6 Å². The van der Waals surface area contributed by atoms with Crippen molar-refractivity contribution in [2.24, 2.45) is 5.92 Å². The van der Waals surface area contributed by atoms with Crippen molar-refractivity contribution in [1.29, 1.82) is 0 Å². The van der Waals surface area contributed by atoms with Gasteiger partial charge in [-0.2, -0.15) is 0 Å². The maximum atomic E-state index is 3.99. The second-order valence-electron chi connectivity index (χ2n) is 3.96. The summed E-state index contributed by atoms with van der Waals surface area (Å²) in [5, 5.41) is 3.52. The Morgan fingerprint density at radius 2 is 2.29 bits per heavy atom. The van der Waals surface area contributed by atoms with E-state index in [1.165, 1.54) is 12.1 Å². The number of imidazole rings is 1. The molecule has 1 heterocycles. The lowest BCUT2D eigenvalue weighted by atomic mass is 10.0. The zero-order valence-corrected chi connectivity index (χ0v) is 9.38. The van der Waals surface area contributed by atoms with E-state index in [0.717, 1.165) is 18.9 Å². The van der Waals surface area contributed by atoms with Crippen LogP contribution in [0.4, 0.5) is 0 Å². The van der Waals surface area contributed by atoms with E-state index < -0.39 is 0 Å². The topological polar surface area (TPSA) is 40.7 Å². The summed E-state index contributed by atoms with van der Waals surface area (Å²) in [4.78, 5) is 7.09. The van der Waals surface area contributed by atoms with Crippen molar-refractivity contribution in [3.8, 4) is 0 Å². The van der Waals surface area contributed by atoms with E-state index in [1.807, 2.05) is 6.20 Å². The van der Waals surface area contributed by atoms with Gasteiger partial charge < -0.3 is 10.3 Å². The van der Waals surface area contributed by atoms with Crippen molar-refractivity contribution in [2.75, 3.05) is 6.54 Å². The molecule has 3 heteroatoms. The van der Waals surface area contributed by atoms with Gasteiger partial charge in [0.15, 0.2) is 0 Å². The highest BCUT2D eigenvalue weighted by molar-refractivity contribution is 4.94. The molecule has 3 nitrogen and oxygen atoms in total. The maximum Gasteiger partial charge on any atom is 0.0921 e. The first kappa shape index (κ1) is 11.2. The molecule has 0 bridgehead atoms. The van der Waals surface area contributed by atoms with Crippen LogP contribution < -0.4 is 5.32 Å². The molecule has 1 aromatic rings. The molecule has 2 atom stereocenters. The average Bonchev–Trinajstić information content (AvgIpc) is 2.69. The van der Waals surface area contributed by atoms with Crippen molar-refractivity contribution in [3.05, 3.63) is 18.2 Å². The third kappa shape index (κ3) is 3.50. The maximum absolute atomic E-state index is 3.99. The standard InChI is InChI=1S/C11H21N3/c1-4-9(2)10(3)13-6-5-11-7-12-8-14-11/h7-10,13H,4-6H2,1-3H3,(H,12,14). The number of hydrogen-bond acceptors (Lipinski definition) is 2. The lowest BCUT2D eigenvalue weighted by Gasteiger charge is -2.19. The highest BCUT2D eigenvalue weighted by atomic mass is 14.9. The molecule has 0 amide bonds. The lowest BCUT2D eigenvalue weighted by Crippen LogP contribution is -2.33. The van der Waals surface area contributed by atoms with E-state index in [1.54, 1.807) is 6.33 Å². The Morgan fingerprint density at radius 1 is 1.50 bits per heavy atom. The van der Waals surface area contributed by atoms with Gasteiger partial charge in [0.1, 0.15) is 0 Å². The minimum atomic E-state index is 0.600. The molecule has 0 fully saturated rings. The van der Waals surface area contributed by atoms with Gasteiger partial charge in [-0.25, -0.2) is 4.98 Å². The van der Waals surface area contributed by atoms with Gasteiger partial charge in [0.25, 0.3) is 0 Å². The van der Waals surface area contributed by atoms with E-state index in [-0.39, 0.29) is 0 Å². The Balaban J connectivity index is 2.15. The van der Waals surface area contributed by atoms with Gasteiger partial charge in [-0.15, -0.1) is 0 Å². The first-order valence-corrected chi connectivity index (χ1v) is 5.44. The molecule has 0 aromatic carbocycles. The van der Waals surface area contributed by atoms with Crippen molar-refractivity contribution in [1.82, 2.24) is 15.3 Å². The fraction of sp³-hybridized carbons (Fsp3) is 0.727. The molecule has 0 aliphatic heterocycles. The minimum Gasteiger partial charge on any atom is -0.348 e. The number of nitrogens with one attached hydrogen (secondary N) is 2. The molecule has 0 aliphatic carbocycles. The third-order valence-corrected chi connectivity index (χ3v) is 2.91. The average molecular weight is 195 g/mol. The van der Waals surface area contributed by atoms with Gasteiger partial charge in [-0.05, 0) is 12.8 Å². The Hall–Kier alpha value is -0.830. The second kappa shape index (κ2) is 5.81. The highest BCUT2D eigenvalue weighted by Gasteiger charge is 2.08. The van der Waals surface area contributed by atoms with E-state index in [9.17, 15) is 0 Å². The van der Waals surface area contributed by atoms with Gasteiger partial charge in [0.2, 0.25) is 0 Å². The number of aromatic nitrogens is 2. The van der Waals surface area contributed by atoms with Crippen LogP contribution in [0.1, 0.15) is 32.9 Å². The van der Waals surface area contributed by atoms with Crippen LogP contribution in [-0.2, 0) is 6.42 Å². The fourth-order valence-corrected chi connectivity index (χ4v) is 1.41. The van der Waals surface area contributed by atoms with Gasteiger partial charge in [-0.3, -0.25) is 0 Å². The SMILES string of the molecule is CCC(C)C(C)NCCc1cnc[nH]1. The highest BCUT2D eigenvalue weighted by Crippen LogP contribution is 2.06. The van der Waals surface area contributed by atoms with E-state index in [0.29, 0.717) is 6.04 Å². The van der Waals surface area contributed by atoms with Crippen molar-refractivity contribution < 1.29 is 0 Å². The number of aromatic amines is 1. The Bertz CT molecular complexity index is 231. The van der Waals surface area contributed by atoms with Crippen LogP contribution in [0.15, 0.2) is 12.5 Å². The van der Waals surface area contributed by atoms with Crippen LogP contribution in [0.5, 0.6) is 0 Å². The molecule has 2 N–H and O–H groups in total. The molecular weight excluding hydrogens is 174 g/mol. The lowest BCUT2D eigenvalue weighted by molar-refractivity contribution is 0.392. The molecule has 1 aromatic heterocycles. The molecule has 80 valence electrons. The summed E-state index contributed by atoms with van der Waals surface area (Å²) in [6, 6.07) is 0.600. The second-order valence-corrected chi connectivity index (χ2v) is 3.96. The van der Waals surface area contributed by atoms with Crippen LogP contribution in [0.25, 0.3) is 0 Å². The van der Waals surface area contributed by atoms with E-state index in [2.05, 4.69) is 36.1 Å². The number of hydrogen-bond donors (Lipinski definition) is 2. The molecule has 0 spiro atoms. The quantitative estimate of drug-likeness (QED) is 0.728. The minimum absolute atomic E-state index is 0.600. The first-order valence-electron chi connectivity index (χ1n) is 5.44. The van der Waals surface area contributed by atoms with Gasteiger partial charge in [-0.1, -0.05) is 20.3 Å². The van der Waals surface area contributed by atoms with Crippen LogP contribution in [0, 0.1) is 5.92 Å². The number of rotatable bonds is 6. The summed E-state index contributed by atoms with van der Waals surface area (Å²) < 4.78 is 0. The summed E-state index contributed by atoms with van der Waals surface area (Å²) in [6.07, 6.45) is 5.88. The molecule has 0 saturated heterocycles. The zero-order chi connectivity index (χ0) is 10.4. The van der Waals surface area contributed by atoms with Gasteiger partial charge in [0.05, 0.1) is 6.33 Å². The number of nitrogens with zero attached hydrogens (tertiary/aromatic N) is 1. The largest absolute Gasteiger partial charge is 0.348 e. The monoisotopic (exact) mass is 195 g/mol. The normalized spacial score (nSPS) is 15.4. The molecule has 0 radical (unpaired) electrons. The predicted molar refractivity (Wildman–Crippen MR) is 59.2 cm³/mol. The Kier molecular flexibility index (Phi) is 4.66. The fourth-order valence-electron chi connectivity index (χ4n) is 1.41. The molecule has 1 rings (SSSR count). The van der Waals surface area contributed by atoms with Gasteiger partial charge >= 0.3 is 0 Å². The summed E-state index contributed by atoms with van der Waals surface area (Å²) in [5.41, 5.74) is 1.20. The summed E-state index contributed by atoms with van der Waals surface area (Å²) >= 11 is 0. The predicted octanol–water partition coefficient (Wildman–Crippen LogP) is 1.98. The van der Waals surface area contributed by atoms with E-state index >= 15 is 0 Å². The zero-order valence-electron chi connectivity index (χ0n) is 9.38. The van der Waals surface area contributed by atoms with Crippen molar-refractivity contribution >= 4 is 0 Å². The van der Waals surface area contributed by atoms with E-state index in [4.69, 9.17) is 0 Å². The van der Waals surface area contributed by atoms with Crippen LogP contribution >= 0.6 is 0 Å². The summed E-state index contributed by atoms with van der Waals surface area (Å²) in [5.74, 6) is 0.747. The van der Waals surface area contributed by atoms with Crippen molar-refractivity contribution in [3.63, 3.8) is 0 Å². The van der Waals surface area contributed by atoms with Crippen molar-refractivity contribution in [2.45, 2.75) is 39.7 Å². The summed E-state index contributed by atoms with van der Waals surface area (Å²) in [6.45, 7) is 7.79. The Morgan fingerprint density at radius 3 is 2.86 bits per heavy atom. The van der Waals surface area contributed by atoms with Crippen LogP contribution in [0.2, 0.25) is 0 Å². The molecule has 14 heavy (non-hydrogen) atoms. The number of H-pyrrole nitrogens is 1. The van der Waals surface area contributed by atoms with Crippen LogP contribution in [0.3, 0.4) is 0 Å². The summed E-state index contributed by atoms with van der Waals surface area (Å²) in [7, 11) is 0. The molecule has 2 unspecified atom stereocenters. The molecule has 0 saturated carbocycles. The van der Waals surface area contributed by atoms with Gasteiger partial charge in [0, 0.05) is 30.9 Å². The Labute approximate surface area is 86.3 Å². The molecule has 0 aliphatic rings. The smallest absolute Gasteiger partial charge is 0.0921 e. The first-order chi connectivity index (χ1) is 6.74. The third-order valence-electron chi connectivity index (χ3n) is 2.91. The molecular formula is C11H21N3.